The SMILES string of the molecule is Cc1ccc(C2Cc3cc(C4OC(CO)C(O)C(O)C4O)ccc3S2)cc1. The number of fused-ring (bicyclic) bond motifs is 1. The first-order valence-electron chi connectivity index (χ1n) is 9.14. The van der Waals surface area contributed by atoms with E-state index in [4.69, 9.17) is 4.74 Å². The predicted octanol–water partition coefficient (Wildman–Crippen LogP) is 1.90. The summed E-state index contributed by atoms with van der Waals surface area (Å²) in [5, 5.41) is 40.1. The van der Waals surface area contributed by atoms with Crippen LogP contribution in [0.15, 0.2) is 47.4 Å². The molecular weight excluding hydrogens is 364 g/mol. The minimum atomic E-state index is -1.36. The summed E-state index contributed by atoms with van der Waals surface area (Å²) in [4.78, 5) is 1.20. The van der Waals surface area contributed by atoms with Gasteiger partial charge in [0.05, 0.1) is 6.61 Å². The van der Waals surface area contributed by atoms with Gasteiger partial charge >= 0.3 is 0 Å². The van der Waals surface area contributed by atoms with Gasteiger partial charge in [-0.25, -0.2) is 0 Å². The number of hydrogen-bond acceptors (Lipinski definition) is 6. The van der Waals surface area contributed by atoms with Crippen molar-refractivity contribution in [2.75, 3.05) is 6.61 Å². The molecule has 2 aromatic carbocycles. The lowest BCUT2D eigenvalue weighted by Crippen LogP contribution is -2.55. The fourth-order valence-electron chi connectivity index (χ4n) is 3.79. The lowest BCUT2D eigenvalue weighted by Gasteiger charge is -2.40. The highest BCUT2D eigenvalue weighted by Crippen LogP contribution is 2.47. The average molecular weight is 388 g/mol. The number of thioether (sulfide) groups is 1. The number of hydrogen-bond donors (Lipinski definition) is 4. The number of rotatable bonds is 3. The Balaban J connectivity index is 1.56. The molecule has 0 radical (unpaired) electrons. The number of aliphatic hydroxyl groups is 4. The van der Waals surface area contributed by atoms with E-state index < -0.39 is 37.1 Å². The van der Waals surface area contributed by atoms with E-state index in [1.807, 2.05) is 30.0 Å². The number of aryl methyl sites for hydroxylation is 1. The molecule has 5 nitrogen and oxygen atoms in total. The molecule has 27 heavy (non-hydrogen) atoms. The van der Waals surface area contributed by atoms with Gasteiger partial charge in [0.15, 0.2) is 0 Å². The molecule has 6 atom stereocenters. The Bertz CT molecular complexity index is 807. The first-order chi connectivity index (χ1) is 13.0. The highest BCUT2D eigenvalue weighted by Gasteiger charge is 2.44. The van der Waals surface area contributed by atoms with Crippen LogP contribution in [0.5, 0.6) is 0 Å². The van der Waals surface area contributed by atoms with Gasteiger partial charge < -0.3 is 25.2 Å². The van der Waals surface area contributed by atoms with Crippen LogP contribution in [-0.4, -0.2) is 51.4 Å². The minimum Gasteiger partial charge on any atom is -0.394 e. The molecule has 2 heterocycles. The van der Waals surface area contributed by atoms with Crippen molar-refractivity contribution in [1.29, 1.82) is 0 Å². The molecule has 4 N–H and O–H groups in total. The van der Waals surface area contributed by atoms with Gasteiger partial charge in [-0.3, -0.25) is 0 Å². The van der Waals surface area contributed by atoms with Gasteiger partial charge in [0, 0.05) is 10.1 Å². The molecule has 0 spiro atoms. The van der Waals surface area contributed by atoms with E-state index in [1.165, 1.54) is 21.6 Å². The Hall–Kier alpha value is -1.41. The van der Waals surface area contributed by atoms with Gasteiger partial charge in [-0.15, -0.1) is 11.8 Å². The molecule has 0 aromatic heterocycles. The largest absolute Gasteiger partial charge is 0.394 e. The second-order valence-corrected chi connectivity index (χ2v) is 8.58. The smallest absolute Gasteiger partial charge is 0.113 e. The Morgan fingerprint density at radius 3 is 2.37 bits per heavy atom. The molecule has 2 aliphatic heterocycles. The second-order valence-electron chi connectivity index (χ2n) is 7.34. The van der Waals surface area contributed by atoms with Crippen molar-refractivity contribution in [1.82, 2.24) is 0 Å². The quantitative estimate of drug-likeness (QED) is 0.642. The lowest BCUT2D eigenvalue weighted by molar-refractivity contribution is -0.231. The van der Waals surface area contributed by atoms with E-state index >= 15 is 0 Å². The number of aliphatic hydroxyl groups excluding tert-OH is 4. The van der Waals surface area contributed by atoms with Crippen LogP contribution in [0.2, 0.25) is 0 Å². The molecule has 1 saturated heterocycles. The topological polar surface area (TPSA) is 90.2 Å². The molecule has 2 aromatic rings. The number of ether oxygens (including phenoxy) is 1. The third kappa shape index (κ3) is 3.53. The molecular formula is C21H24O5S. The molecule has 0 aliphatic carbocycles. The Labute approximate surface area is 162 Å². The zero-order chi connectivity index (χ0) is 19.1. The van der Waals surface area contributed by atoms with E-state index in [0.29, 0.717) is 5.25 Å². The standard InChI is InChI=1S/C21H24O5S/c1-11-2-4-12(5-3-11)17-9-14-8-13(6-7-16(14)27-17)21-20(25)19(24)18(23)15(10-22)26-21/h2-8,15,17-25H,9-10H2,1H3. The Kier molecular flexibility index (Phi) is 5.29. The summed E-state index contributed by atoms with van der Waals surface area (Å²) in [6.45, 7) is 1.66. The average Bonchev–Trinajstić information content (AvgIpc) is 3.10. The van der Waals surface area contributed by atoms with Crippen molar-refractivity contribution in [3.63, 3.8) is 0 Å². The molecule has 6 unspecified atom stereocenters. The van der Waals surface area contributed by atoms with E-state index in [0.717, 1.165) is 12.0 Å². The van der Waals surface area contributed by atoms with E-state index in [2.05, 4.69) is 31.2 Å². The van der Waals surface area contributed by atoms with Crippen LogP contribution in [0.1, 0.15) is 33.6 Å². The van der Waals surface area contributed by atoms with Gasteiger partial charge in [-0.05, 0) is 36.1 Å². The lowest BCUT2D eigenvalue weighted by atomic mass is 9.90. The maximum atomic E-state index is 10.4. The predicted molar refractivity (Wildman–Crippen MR) is 103 cm³/mol. The van der Waals surface area contributed by atoms with Crippen LogP contribution >= 0.6 is 11.8 Å². The second kappa shape index (κ2) is 7.54. The van der Waals surface area contributed by atoms with Crippen LogP contribution in [0.4, 0.5) is 0 Å². The van der Waals surface area contributed by atoms with Gasteiger partial charge in [0.25, 0.3) is 0 Å². The fourth-order valence-corrected chi connectivity index (χ4v) is 5.09. The zero-order valence-corrected chi connectivity index (χ0v) is 15.8. The van der Waals surface area contributed by atoms with Crippen molar-refractivity contribution in [3.05, 3.63) is 64.7 Å². The first kappa shape index (κ1) is 18.9. The van der Waals surface area contributed by atoms with Crippen LogP contribution < -0.4 is 0 Å². The molecule has 1 fully saturated rings. The van der Waals surface area contributed by atoms with Crippen molar-refractivity contribution < 1.29 is 25.2 Å². The summed E-state index contributed by atoms with van der Waals surface area (Å²) in [5.74, 6) is 0. The molecule has 144 valence electrons. The highest BCUT2D eigenvalue weighted by atomic mass is 32.2. The van der Waals surface area contributed by atoms with Gasteiger partial charge in [-0.1, -0.05) is 42.0 Å². The third-order valence-corrected chi connectivity index (χ3v) is 6.80. The Morgan fingerprint density at radius 2 is 1.67 bits per heavy atom. The van der Waals surface area contributed by atoms with Gasteiger partial charge in [-0.2, -0.15) is 0 Å². The fraction of sp³-hybridized carbons (Fsp3) is 0.429. The van der Waals surface area contributed by atoms with E-state index in [-0.39, 0.29) is 0 Å². The molecule has 0 amide bonds. The maximum Gasteiger partial charge on any atom is 0.113 e. The number of benzene rings is 2. The van der Waals surface area contributed by atoms with Crippen LogP contribution in [-0.2, 0) is 11.2 Å². The zero-order valence-electron chi connectivity index (χ0n) is 15.0. The van der Waals surface area contributed by atoms with Gasteiger partial charge in [0.2, 0.25) is 0 Å². The van der Waals surface area contributed by atoms with Crippen molar-refractivity contribution in [2.45, 2.75) is 54.0 Å². The van der Waals surface area contributed by atoms with Crippen LogP contribution in [0.3, 0.4) is 0 Å². The summed E-state index contributed by atoms with van der Waals surface area (Å²) in [5.41, 5.74) is 4.45. The van der Waals surface area contributed by atoms with Crippen molar-refractivity contribution >= 4 is 11.8 Å². The summed E-state index contributed by atoms with van der Waals surface area (Å²) in [6, 6.07) is 14.5. The van der Waals surface area contributed by atoms with E-state index in [9.17, 15) is 20.4 Å². The third-order valence-electron chi connectivity index (χ3n) is 5.43. The summed E-state index contributed by atoms with van der Waals surface area (Å²) < 4.78 is 5.68. The summed E-state index contributed by atoms with van der Waals surface area (Å²) in [7, 11) is 0. The highest BCUT2D eigenvalue weighted by molar-refractivity contribution is 7.99. The molecule has 0 bridgehead atoms. The first-order valence-corrected chi connectivity index (χ1v) is 10.0. The minimum absolute atomic E-state index is 0.352. The molecule has 0 saturated carbocycles. The Morgan fingerprint density at radius 1 is 0.963 bits per heavy atom. The monoisotopic (exact) mass is 388 g/mol. The maximum absolute atomic E-state index is 10.4. The van der Waals surface area contributed by atoms with Crippen LogP contribution in [0, 0.1) is 6.92 Å². The molecule has 2 aliphatic rings. The normalized spacial score (nSPS) is 33.1. The van der Waals surface area contributed by atoms with Crippen LogP contribution in [0.25, 0.3) is 0 Å². The van der Waals surface area contributed by atoms with Crippen molar-refractivity contribution in [2.24, 2.45) is 0 Å². The summed E-state index contributed by atoms with van der Waals surface area (Å²) in [6.07, 6.45) is -4.73. The molecule has 4 rings (SSSR count). The van der Waals surface area contributed by atoms with E-state index in [1.54, 1.807) is 0 Å². The molecule has 6 heteroatoms. The van der Waals surface area contributed by atoms with Crippen molar-refractivity contribution in [3.8, 4) is 0 Å². The summed E-state index contributed by atoms with van der Waals surface area (Å²) >= 11 is 1.82. The van der Waals surface area contributed by atoms with Gasteiger partial charge in [0.1, 0.15) is 30.5 Å².